The fourth-order valence-electron chi connectivity index (χ4n) is 2.47. The number of alkyl halides is 3. The number of furan rings is 1. The predicted octanol–water partition coefficient (Wildman–Crippen LogP) is 2.68. The first-order valence-electron chi connectivity index (χ1n) is 6.38. The molecule has 112 valence electrons. The molecule has 1 saturated heterocycles. The van der Waals surface area contributed by atoms with Crippen LogP contribution in [0.5, 0.6) is 0 Å². The molecular formula is C13H16F3NO3. The lowest BCUT2D eigenvalue weighted by Gasteiger charge is -2.27. The van der Waals surface area contributed by atoms with E-state index in [0.717, 1.165) is 5.76 Å². The van der Waals surface area contributed by atoms with E-state index in [1.54, 1.807) is 12.1 Å². The standard InChI is InChI=1S/C13H16F3NO3/c1-2-9-3-4-10(20-9)7-17-6-5-12(8-17,11(18)19)13(14,15)16/h3-4H,2,5-8H2,1H3,(H,18,19). The highest BCUT2D eigenvalue weighted by Crippen LogP contribution is 2.46. The van der Waals surface area contributed by atoms with Crippen molar-refractivity contribution in [3.05, 3.63) is 23.7 Å². The maximum absolute atomic E-state index is 13.0. The maximum Gasteiger partial charge on any atom is 0.406 e. The quantitative estimate of drug-likeness (QED) is 0.926. The zero-order valence-electron chi connectivity index (χ0n) is 11.0. The fourth-order valence-corrected chi connectivity index (χ4v) is 2.47. The van der Waals surface area contributed by atoms with E-state index in [9.17, 15) is 18.0 Å². The lowest BCUT2D eigenvalue weighted by molar-refractivity contribution is -0.227. The van der Waals surface area contributed by atoms with Crippen molar-refractivity contribution in [2.45, 2.75) is 32.5 Å². The van der Waals surface area contributed by atoms with Gasteiger partial charge in [0, 0.05) is 19.5 Å². The minimum atomic E-state index is -4.74. The van der Waals surface area contributed by atoms with E-state index < -0.39 is 30.5 Å². The minimum absolute atomic E-state index is 0.0912. The Kier molecular flexibility index (Phi) is 3.82. The molecule has 1 fully saturated rings. The van der Waals surface area contributed by atoms with Gasteiger partial charge in [-0.2, -0.15) is 13.2 Å². The zero-order chi connectivity index (χ0) is 15.0. The van der Waals surface area contributed by atoms with Crippen LogP contribution >= 0.6 is 0 Å². The highest BCUT2D eigenvalue weighted by Gasteiger charge is 2.63. The average Bonchev–Trinajstić information content (AvgIpc) is 2.95. The number of aliphatic carboxylic acids is 1. The summed E-state index contributed by atoms with van der Waals surface area (Å²) in [5.41, 5.74) is -2.66. The van der Waals surface area contributed by atoms with Gasteiger partial charge in [-0.15, -0.1) is 0 Å². The zero-order valence-corrected chi connectivity index (χ0v) is 11.0. The summed E-state index contributed by atoms with van der Waals surface area (Å²) in [5, 5.41) is 8.96. The Morgan fingerprint density at radius 1 is 1.45 bits per heavy atom. The predicted molar refractivity (Wildman–Crippen MR) is 64.1 cm³/mol. The minimum Gasteiger partial charge on any atom is -0.481 e. The van der Waals surface area contributed by atoms with Crippen LogP contribution in [0.15, 0.2) is 16.5 Å². The van der Waals surface area contributed by atoms with Gasteiger partial charge in [0.1, 0.15) is 11.5 Å². The van der Waals surface area contributed by atoms with Gasteiger partial charge in [-0.25, -0.2) is 0 Å². The van der Waals surface area contributed by atoms with Gasteiger partial charge >= 0.3 is 12.1 Å². The first-order chi connectivity index (χ1) is 9.28. The molecule has 2 rings (SSSR count). The number of halogens is 3. The van der Waals surface area contributed by atoms with Crippen LogP contribution in [0.2, 0.25) is 0 Å². The molecule has 4 nitrogen and oxygen atoms in total. The van der Waals surface area contributed by atoms with E-state index in [0.29, 0.717) is 12.2 Å². The molecule has 1 unspecified atom stereocenters. The van der Waals surface area contributed by atoms with Crippen LogP contribution in [0, 0.1) is 5.41 Å². The van der Waals surface area contributed by atoms with Gasteiger partial charge in [0.05, 0.1) is 6.54 Å². The fraction of sp³-hybridized carbons (Fsp3) is 0.615. The van der Waals surface area contributed by atoms with E-state index in [-0.39, 0.29) is 13.1 Å². The average molecular weight is 291 g/mol. The SMILES string of the molecule is CCc1ccc(CN2CCC(C(=O)O)(C(F)(F)F)C2)o1. The van der Waals surface area contributed by atoms with E-state index in [1.807, 2.05) is 6.92 Å². The van der Waals surface area contributed by atoms with Crippen LogP contribution in [-0.4, -0.2) is 35.2 Å². The number of likely N-dealkylation sites (tertiary alicyclic amines) is 1. The third-order valence-corrected chi connectivity index (χ3v) is 3.75. The summed E-state index contributed by atoms with van der Waals surface area (Å²) in [7, 11) is 0. The van der Waals surface area contributed by atoms with Crippen molar-refractivity contribution in [1.82, 2.24) is 4.90 Å². The second kappa shape index (κ2) is 5.12. The molecule has 0 radical (unpaired) electrons. The highest BCUT2D eigenvalue weighted by molar-refractivity contribution is 5.76. The molecule has 1 N–H and O–H groups in total. The van der Waals surface area contributed by atoms with Crippen molar-refractivity contribution < 1.29 is 27.5 Å². The lowest BCUT2D eigenvalue weighted by atomic mass is 9.86. The smallest absolute Gasteiger partial charge is 0.406 e. The molecule has 1 aliphatic rings. The molecule has 0 bridgehead atoms. The van der Waals surface area contributed by atoms with Crippen LogP contribution in [0.1, 0.15) is 24.9 Å². The number of carboxylic acid groups (broad SMARTS) is 1. The van der Waals surface area contributed by atoms with E-state index in [1.165, 1.54) is 4.90 Å². The monoisotopic (exact) mass is 291 g/mol. The summed E-state index contributed by atoms with van der Waals surface area (Å²) >= 11 is 0. The van der Waals surface area contributed by atoms with Crippen molar-refractivity contribution in [3.8, 4) is 0 Å². The van der Waals surface area contributed by atoms with Crippen molar-refractivity contribution in [3.63, 3.8) is 0 Å². The first-order valence-corrected chi connectivity index (χ1v) is 6.38. The number of hydrogen-bond donors (Lipinski definition) is 1. The number of hydrogen-bond acceptors (Lipinski definition) is 3. The van der Waals surface area contributed by atoms with Crippen LogP contribution in [0.25, 0.3) is 0 Å². The summed E-state index contributed by atoms with van der Waals surface area (Å²) in [4.78, 5) is 12.5. The van der Waals surface area contributed by atoms with Gasteiger partial charge in [-0.05, 0) is 18.6 Å². The van der Waals surface area contributed by atoms with Gasteiger partial charge in [0.2, 0.25) is 0 Å². The van der Waals surface area contributed by atoms with Crippen LogP contribution in [0.3, 0.4) is 0 Å². The van der Waals surface area contributed by atoms with E-state index in [2.05, 4.69) is 0 Å². The normalized spacial score (nSPS) is 24.2. The second-order valence-electron chi connectivity index (χ2n) is 5.07. The molecule has 0 aromatic carbocycles. The number of nitrogens with zero attached hydrogens (tertiary/aromatic N) is 1. The van der Waals surface area contributed by atoms with Crippen molar-refractivity contribution in [1.29, 1.82) is 0 Å². The second-order valence-corrected chi connectivity index (χ2v) is 5.07. The molecule has 0 aliphatic carbocycles. The van der Waals surface area contributed by atoms with Gasteiger partial charge in [-0.3, -0.25) is 9.69 Å². The van der Waals surface area contributed by atoms with Crippen LogP contribution < -0.4 is 0 Å². The molecule has 1 aromatic heterocycles. The number of rotatable bonds is 4. The number of aryl methyl sites for hydroxylation is 1. The third-order valence-electron chi connectivity index (χ3n) is 3.75. The number of carboxylic acids is 1. The Morgan fingerprint density at radius 3 is 2.55 bits per heavy atom. The van der Waals surface area contributed by atoms with Crippen molar-refractivity contribution in [2.75, 3.05) is 13.1 Å². The molecule has 1 aromatic rings. The lowest BCUT2D eigenvalue weighted by Crippen LogP contribution is -2.47. The Morgan fingerprint density at radius 2 is 2.10 bits per heavy atom. The van der Waals surface area contributed by atoms with E-state index in [4.69, 9.17) is 9.52 Å². The Bertz CT molecular complexity index is 497. The Balaban J connectivity index is 2.09. The van der Waals surface area contributed by atoms with Crippen LogP contribution in [0.4, 0.5) is 13.2 Å². The molecule has 2 heterocycles. The summed E-state index contributed by atoms with van der Waals surface area (Å²) in [6.45, 7) is 1.67. The molecule has 1 atom stereocenters. The topological polar surface area (TPSA) is 53.7 Å². The van der Waals surface area contributed by atoms with Crippen LogP contribution in [-0.2, 0) is 17.8 Å². The molecule has 0 amide bonds. The Labute approximate surface area is 114 Å². The summed E-state index contributed by atoms with van der Waals surface area (Å²) in [6, 6.07) is 3.49. The highest BCUT2D eigenvalue weighted by atomic mass is 19.4. The van der Waals surface area contributed by atoms with Gasteiger partial charge < -0.3 is 9.52 Å². The molecule has 7 heteroatoms. The third kappa shape index (κ3) is 2.54. The van der Waals surface area contributed by atoms with Crippen molar-refractivity contribution >= 4 is 5.97 Å². The van der Waals surface area contributed by atoms with Gasteiger partial charge in [0.15, 0.2) is 5.41 Å². The largest absolute Gasteiger partial charge is 0.481 e. The first kappa shape index (κ1) is 14.9. The molecular weight excluding hydrogens is 275 g/mol. The summed E-state index contributed by atoms with van der Waals surface area (Å²) in [5.74, 6) is -0.481. The molecule has 20 heavy (non-hydrogen) atoms. The van der Waals surface area contributed by atoms with Crippen molar-refractivity contribution in [2.24, 2.45) is 5.41 Å². The summed E-state index contributed by atoms with van der Waals surface area (Å²) < 4.78 is 44.5. The Hall–Kier alpha value is -1.50. The molecule has 0 spiro atoms. The molecule has 1 aliphatic heterocycles. The van der Waals surface area contributed by atoms with E-state index >= 15 is 0 Å². The number of carbonyl (C=O) groups is 1. The van der Waals surface area contributed by atoms with Gasteiger partial charge in [-0.1, -0.05) is 6.92 Å². The summed E-state index contributed by atoms with van der Waals surface area (Å²) in [6.07, 6.45) is -4.46. The van der Waals surface area contributed by atoms with Gasteiger partial charge in [0.25, 0.3) is 0 Å². The maximum atomic E-state index is 13.0. The molecule has 0 saturated carbocycles.